The maximum atomic E-state index is 12.9. The van der Waals surface area contributed by atoms with Gasteiger partial charge in [-0.15, -0.1) is 0 Å². The van der Waals surface area contributed by atoms with Crippen molar-refractivity contribution in [1.29, 1.82) is 0 Å². The van der Waals surface area contributed by atoms with E-state index in [1.54, 1.807) is 0 Å². The van der Waals surface area contributed by atoms with Crippen molar-refractivity contribution in [3.05, 3.63) is 63.5 Å². The van der Waals surface area contributed by atoms with Gasteiger partial charge >= 0.3 is 0 Å². The van der Waals surface area contributed by atoms with Crippen molar-refractivity contribution in [3.8, 4) is 0 Å². The number of carbonyl (C=O) groups is 1. The molecular formula is C19H18IN3O. The summed E-state index contributed by atoms with van der Waals surface area (Å²) in [4.78, 5) is 23.0. The predicted octanol–water partition coefficient (Wildman–Crippen LogP) is 4.19. The Morgan fingerprint density at radius 3 is 2.79 bits per heavy atom. The highest BCUT2D eigenvalue weighted by molar-refractivity contribution is 14.1. The summed E-state index contributed by atoms with van der Waals surface area (Å²) >= 11 is 2.23. The number of nitrogens with one attached hydrogen (secondary N) is 1. The molecule has 0 bridgehead atoms. The maximum Gasteiger partial charge on any atom is 0.254 e. The smallest absolute Gasteiger partial charge is 0.254 e. The molecule has 1 fully saturated rings. The summed E-state index contributed by atoms with van der Waals surface area (Å²) < 4.78 is 1.01. The van der Waals surface area contributed by atoms with Crippen LogP contribution in [-0.4, -0.2) is 33.9 Å². The highest BCUT2D eigenvalue weighted by Crippen LogP contribution is 2.28. The number of piperidine rings is 1. The van der Waals surface area contributed by atoms with E-state index in [1.807, 2.05) is 53.4 Å². The third-order valence-electron chi connectivity index (χ3n) is 4.61. The van der Waals surface area contributed by atoms with Crippen LogP contribution in [0, 0.1) is 3.57 Å². The normalized spacial score (nSPS) is 18.0. The Bertz CT molecular complexity index is 856. The Kier molecular flexibility index (Phi) is 4.26. The number of amides is 1. The van der Waals surface area contributed by atoms with Crippen molar-refractivity contribution in [2.24, 2.45) is 0 Å². The average molecular weight is 431 g/mol. The van der Waals surface area contributed by atoms with Crippen molar-refractivity contribution in [2.45, 2.75) is 18.8 Å². The molecule has 4 nitrogen and oxygen atoms in total. The summed E-state index contributed by atoms with van der Waals surface area (Å²) in [5.74, 6) is 1.40. The van der Waals surface area contributed by atoms with E-state index >= 15 is 0 Å². The van der Waals surface area contributed by atoms with Crippen LogP contribution in [0.1, 0.15) is 34.9 Å². The Hall–Kier alpha value is -1.89. The molecule has 0 spiro atoms. The maximum absolute atomic E-state index is 12.9. The second kappa shape index (κ2) is 6.55. The van der Waals surface area contributed by atoms with E-state index in [0.29, 0.717) is 0 Å². The number of benzene rings is 2. The lowest BCUT2D eigenvalue weighted by Gasteiger charge is -2.32. The summed E-state index contributed by atoms with van der Waals surface area (Å²) in [6.07, 6.45) is 2.08. The molecule has 1 N–H and O–H groups in total. The van der Waals surface area contributed by atoms with Crippen LogP contribution in [0.15, 0.2) is 48.5 Å². The van der Waals surface area contributed by atoms with Crippen LogP contribution >= 0.6 is 22.6 Å². The number of carbonyl (C=O) groups excluding carboxylic acids is 1. The van der Waals surface area contributed by atoms with Gasteiger partial charge in [0.15, 0.2) is 0 Å². The predicted molar refractivity (Wildman–Crippen MR) is 103 cm³/mol. The molecule has 1 saturated heterocycles. The van der Waals surface area contributed by atoms with Gasteiger partial charge in [0.2, 0.25) is 0 Å². The van der Waals surface area contributed by atoms with Gasteiger partial charge < -0.3 is 9.88 Å². The number of H-pyrrole nitrogens is 1. The number of halogens is 1. The number of likely N-dealkylation sites (tertiary alicyclic amines) is 1. The minimum absolute atomic E-state index is 0.126. The Balaban J connectivity index is 1.57. The topological polar surface area (TPSA) is 49.0 Å². The third kappa shape index (κ3) is 2.92. The van der Waals surface area contributed by atoms with E-state index in [1.165, 1.54) is 0 Å². The van der Waals surface area contributed by atoms with Gasteiger partial charge in [-0.2, -0.15) is 0 Å². The van der Waals surface area contributed by atoms with Crippen LogP contribution in [0.4, 0.5) is 0 Å². The lowest BCUT2D eigenvalue weighted by molar-refractivity contribution is 0.0704. The van der Waals surface area contributed by atoms with Crippen LogP contribution in [0.5, 0.6) is 0 Å². The van der Waals surface area contributed by atoms with Crippen molar-refractivity contribution in [1.82, 2.24) is 14.9 Å². The van der Waals surface area contributed by atoms with Gasteiger partial charge in [-0.3, -0.25) is 4.79 Å². The van der Waals surface area contributed by atoms with Crippen LogP contribution < -0.4 is 0 Å². The number of imidazole rings is 1. The fourth-order valence-corrected chi connectivity index (χ4v) is 3.97. The summed E-state index contributed by atoms with van der Waals surface area (Å²) in [6, 6.07) is 15.9. The number of rotatable bonds is 2. The molecule has 1 aliphatic heterocycles. The Morgan fingerprint density at radius 2 is 1.96 bits per heavy atom. The molecule has 0 saturated carbocycles. The number of hydrogen-bond donors (Lipinski definition) is 1. The second-order valence-corrected chi connectivity index (χ2v) is 7.37. The molecule has 1 atom stereocenters. The van der Waals surface area contributed by atoms with Gasteiger partial charge in [-0.25, -0.2) is 4.98 Å². The monoisotopic (exact) mass is 431 g/mol. The van der Waals surface area contributed by atoms with E-state index in [9.17, 15) is 4.79 Å². The first kappa shape index (κ1) is 15.6. The van der Waals surface area contributed by atoms with Crippen molar-refractivity contribution >= 4 is 39.5 Å². The molecule has 1 aliphatic rings. The van der Waals surface area contributed by atoms with E-state index in [0.717, 1.165) is 51.9 Å². The fraction of sp³-hybridized carbons (Fsp3) is 0.263. The number of para-hydroxylation sites is 2. The van der Waals surface area contributed by atoms with Crippen LogP contribution in [0.2, 0.25) is 0 Å². The number of aromatic amines is 1. The summed E-state index contributed by atoms with van der Waals surface area (Å²) in [7, 11) is 0. The minimum Gasteiger partial charge on any atom is -0.342 e. The summed E-state index contributed by atoms with van der Waals surface area (Å²) in [5.41, 5.74) is 2.85. The molecule has 3 aromatic rings. The zero-order valence-corrected chi connectivity index (χ0v) is 15.4. The number of hydrogen-bond acceptors (Lipinski definition) is 2. The quantitative estimate of drug-likeness (QED) is 0.619. The van der Waals surface area contributed by atoms with Crippen molar-refractivity contribution < 1.29 is 4.79 Å². The molecule has 1 aromatic heterocycles. The standard InChI is InChI=1S/C19H18IN3O/c20-15-8-2-1-7-14(15)19(24)23-11-5-6-13(12-23)18-21-16-9-3-4-10-17(16)22-18/h1-4,7-10,13H,5-6,11-12H2,(H,21,22). The number of nitrogens with zero attached hydrogens (tertiary/aromatic N) is 2. The molecule has 5 heteroatoms. The molecule has 4 rings (SSSR count). The van der Waals surface area contributed by atoms with Gasteiger partial charge in [-0.05, 0) is 59.7 Å². The highest BCUT2D eigenvalue weighted by atomic mass is 127. The molecule has 0 aliphatic carbocycles. The van der Waals surface area contributed by atoms with E-state index in [2.05, 4.69) is 27.6 Å². The first-order valence-electron chi connectivity index (χ1n) is 8.21. The van der Waals surface area contributed by atoms with Gasteiger partial charge in [0.1, 0.15) is 5.82 Å². The van der Waals surface area contributed by atoms with E-state index in [-0.39, 0.29) is 11.8 Å². The lowest BCUT2D eigenvalue weighted by atomic mass is 9.96. The fourth-order valence-electron chi connectivity index (χ4n) is 3.36. The molecule has 1 unspecified atom stereocenters. The summed E-state index contributed by atoms with van der Waals surface area (Å²) in [6.45, 7) is 1.55. The third-order valence-corrected chi connectivity index (χ3v) is 5.55. The van der Waals surface area contributed by atoms with E-state index < -0.39 is 0 Å². The second-order valence-electron chi connectivity index (χ2n) is 6.21. The SMILES string of the molecule is O=C(c1ccccc1I)N1CCCC(c2nc3ccccc3[nH]2)C1. The molecule has 2 heterocycles. The zero-order chi connectivity index (χ0) is 16.5. The molecule has 1 amide bonds. The minimum atomic E-state index is 0.126. The molecular weight excluding hydrogens is 413 g/mol. The van der Waals surface area contributed by atoms with Crippen LogP contribution in [-0.2, 0) is 0 Å². The zero-order valence-electron chi connectivity index (χ0n) is 13.2. The largest absolute Gasteiger partial charge is 0.342 e. The summed E-state index contributed by atoms with van der Waals surface area (Å²) in [5, 5.41) is 0. The van der Waals surface area contributed by atoms with Crippen molar-refractivity contribution in [2.75, 3.05) is 13.1 Å². The van der Waals surface area contributed by atoms with Gasteiger partial charge in [0, 0.05) is 22.6 Å². The molecule has 122 valence electrons. The Morgan fingerprint density at radius 1 is 1.17 bits per heavy atom. The molecule has 24 heavy (non-hydrogen) atoms. The Labute approximate surface area is 154 Å². The molecule has 0 radical (unpaired) electrons. The lowest BCUT2D eigenvalue weighted by Crippen LogP contribution is -2.39. The number of aromatic nitrogens is 2. The first-order chi connectivity index (χ1) is 11.7. The highest BCUT2D eigenvalue weighted by Gasteiger charge is 2.28. The van der Waals surface area contributed by atoms with E-state index in [4.69, 9.17) is 4.98 Å². The van der Waals surface area contributed by atoms with Gasteiger partial charge in [-0.1, -0.05) is 24.3 Å². The number of fused-ring (bicyclic) bond motifs is 1. The molecule has 2 aromatic carbocycles. The van der Waals surface area contributed by atoms with Gasteiger partial charge in [0.25, 0.3) is 5.91 Å². The average Bonchev–Trinajstić information content (AvgIpc) is 3.06. The van der Waals surface area contributed by atoms with Crippen LogP contribution in [0.3, 0.4) is 0 Å². The van der Waals surface area contributed by atoms with Gasteiger partial charge in [0.05, 0.1) is 16.6 Å². The van der Waals surface area contributed by atoms with Crippen molar-refractivity contribution in [3.63, 3.8) is 0 Å². The van der Waals surface area contributed by atoms with Crippen LogP contribution in [0.25, 0.3) is 11.0 Å². The first-order valence-corrected chi connectivity index (χ1v) is 9.29.